The molecule has 104 valence electrons. The molecule has 0 heterocycles. The minimum atomic E-state index is -3.65. The molecule has 0 unspecified atom stereocenters. The summed E-state index contributed by atoms with van der Waals surface area (Å²) in [4.78, 5) is 0. The number of sulfonamides is 1. The summed E-state index contributed by atoms with van der Waals surface area (Å²) in [6.07, 6.45) is 0. The molecule has 1 aromatic carbocycles. The Balaban J connectivity index is 3.06. The van der Waals surface area contributed by atoms with Crippen molar-refractivity contribution in [3.63, 3.8) is 0 Å². The summed E-state index contributed by atoms with van der Waals surface area (Å²) in [7, 11) is -3.65. The molecule has 4 nitrogen and oxygen atoms in total. The van der Waals surface area contributed by atoms with Gasteiger partial charge in [0.15, 0.2) is 0 Å². The van der Waals surface area contributed by atoms with Gasteiger partial charge in [0, 0.05) is 5.56 Å². The fourth-order valence-electron chi connectivity index (χ4n) is 1.13. The van der Waals surface area contributed by atoms with Gasteiger partial charge in [0.25, 0.3) is 0 Å². The molecule has 0 aliphatic rings. The van der Waals surface area contributed by atoms with Crippen molar-refractivity contribution in [1.29, 1.82) is 0 Å². The van der Waals surface area contributed by atoms with Gasteiger partial charge >= 0.3 is 0 Å². The van der Waals surface area contributed by atoms with Crippen LogP contribution in [0.4, 0.5) is 10.1 Å². The van der Waals surface area contributed by atoms with Crippen molar-refractivity contribution in [3.05, 3.63) is 29.6 Å². The normalized spacial score (nSPS) is 11.6. The largest absolute Gasteiger partial charge is 0.320 e. The van der Waals surface area contributed by atoms with Crippen LogP contribution in [0.2, 0.25) is 0 Å². The fraction of sp³-hybridized carbons (Fsp3) is 0.385. The predicted molar refractivity (Wildman–Crippen MR) is 74.6 cm³/mol. The van der Waals surface area contributed by atoms with Crippen molar-refractivity contribution in [1.82, 2.24) is 0 Å². The second kappa shape index (κ2) is 5.59. The minimum Gasteiger partial charge on any atom is -0.320 e. The van der Waals surface area contributed by atoms with Crippen LogP contribution in [-0.4, -0.2) is 19.7 Å². The molecule has 0 fully saturated rings. The first kappa shape index (κ1) is 15.5. The van der Waals surface area contributed by atoms with Crippen molar-refractivity contribution < 1.29 is 12.8 Å². The van der Waals surface area contributed by atoms with Crippen molar-refractivity contribution >= 4 is 15.7 Å². The van der Waals surface area contributed by atoms with Crippen LogP contribution in [0.5, 0.6) is 0 Å². The van der Waals surface area contributed by atoms with Gasteiger partial charge in [-0.15, -0.1) is 0 Å². The molecule has 6 heteroatoms. The van der Waals surface area contributed by atoms with E-state index in [-0.39, 0.29) is 12.2 Å². The third kappa shape index (κ3) is 3.94. The second-order valence-corrected chi connectivity index (χ2v) is 7.35. The average molecular weight is 284 g/mol. The lowest BCUT2D eigenvalue weighted by molar-refractivity contribution is 0.564. The summed E-state index contributed by atoms with van der Waals surface area (Å²) in [5.74, 6) is 4.60. The lowest BCUT2D eigenvalue weighted by Gasteiger charge is -2.20. The zero-order valence-corrected chi connectivity index (χ0v) is 11.9. The molecule has 0 saturated heterocycles. The molecule has 0 aliphatic carbocycles. The van der Waals surface area contributed by atoms with Crippen molar-refractivity contribution in [3.8, 4) is 11.8 Å². The highest BCUT2D eigenvalue weighted by Crippen LogP contribution is 2.22. The van der Waals surface area contributed by atoms with Crippen molar-refractivity contribution in [2.75, 3.05) is 11.3 Å². The van der Waals surface area contributed by atoms with E-state index in [1.54, 1.807) is 0 Å². The average Bonchev–Trinajstić information content (AvgIpc) is 2.28. The van der Waals surface area contributed by atoms with Crippen LogP contribution in [0.15, 0.2) is 18.2 Å². The van der Waals surface area contributed by atoms with Crippen LogP contribution in [-0.2, 0) is 10.0 Å². The smallest absolute Gasteiger partial charge is 0.237 e. The summed E-state index contributed by atoms with van der Waals surface area (Å²) >= 11 is 0. The molecule has 1 rings (SSSR count). The van der Waals surface area contributed by atoms with E-state index in [9.17, 15) is 12.8 Å². The number of anilines is 1. The maximum Gasteiger partial charge on any atom is 0.237 e. The number of rotatable bonds is 2. The van der Waals surface area contributed by atoms with Gasteiger partial charge in [-0.25, -0.2) is 12.8 Å². The Labute approximate surface area is 113 Å². The first-order chi connectivity index (χ1) is 8.67. The van der Waals surface area contributed by atoms with E-state index >= 15 is 0 Å². The summed E-state index contributed by atoms with van der Waals surface area (Å²) < 4.78 is 38.8. The predicted octanol–water partition coefficient (Wildman–Crippen LogP) is 1.68. The van der Waals surface area contributed by atoms with Crippen molar-refractivity contribution in [2.24, 2.45) is 5.73 Å². The first-order valence-electron chi connectivity index (χ1n) is 5.68. The fourth-order valence-corrected chi connectivity index (χ4v) is 1.89. The quantitative estimate of drug-likeness (QED) is 0.812. The molecule has 0 bridgehead atoms. The van der Waals surface area contributed by atoms with Crippen LogP contribution in [0.25, 0.3) is 0 Å². The van der Waals surface area contributed by atoms with Gasteiger partial charge in [-0.3, -0.25) is 4.72 Å². The second-order valence-electron chi connectivity index (χ2n) is 4.92. The van der Waals surface area contributed by atoms with Gasteiger partial charge in [-0.05, 0) is 39.0 Å². The van der Waals surface area contributed by atoms with Gasteiger partial charge < -0.3 is 5.73 Å². The van der Waals surface area contributed by atoms with Gasteiger partial charge in [0.1, 0.15) is 5.82 Å². The molecule has 1 aromatic rings. The van der Waals surface area contributed by atoms with Crippen LogP contribution in [0.3, 0.4) is 0 Å². The highest BCUT2D eigenvalue weighted by Gasteiger charge is 2.29. The van der Waals surface area contributed by atoms with E-state index in [1.165, 1.54) is 39.0 Å². The number of nitrogens with two attached hydrogens (primary N) is 1. The van der Waals surface area contributed by atoms with Crippen molar-refractivity contribution in [2.45, 2.75) is 25.5 Å². The molecular weight excluding hydrogens is 267 g/mol. The minimum absolute atomic E-state index is 0.0896. The summed E-state index contributed by atoms with van der Waals surface area (Å²) in [5, 5.41) is 0. The molecule has 0 radical (unpaired) electrons. The van der Waals surface area contributed by atoms with Gasteiger partial charge in [0.05, 0.1) is 17.0 Å². The van der Waals surface area contributed by atoms with Crippen LogP contribution >= 0.6 is 0 Å². The molecule has 0 aliphatic heterocycles. The summed E-state index contributed by atoms with van der Waals surface area (Å²) in [5.41, 5.74) is 5.57. The Kier molecular flexibility index (Phi) is 4.56. The van der Waals surface area contributed by atoms with Crippen LogP contribution in [0.1, 0.15) is 26.3 Å². The van der Waals surface area contributed by atoms with Gasteiger partial charge in [-0.2, -0.15) is 0 Å². The third-order valence-electron chi connectivity index (χ3n) is 2.35. The summed E-state index contributed by atoms with van der Waals surface area (Å²) in [6.45, 7) is 4.79. The Morgan fingerprint density at radius 3 is 2.47 bits per heavy atom. The van der Waals surface area contributed by atoms with E-state index in [0.717, 1.165) is 0 Å². The van der Waals surface area contributed by atoms with Gasteiger partial charge in [-0.1, -0.05) is 11.8 Å². The third-order valence-corrected chi connectivity index (χ3v) is 4.46. The topological polar surface area (TPSA) is 72.2 Å². The van der Waals surface area contributed by atoms with Gasteiger partial charge in [0.2, 0.25) is 10.0 Å². The maximum absolute atomic E-state index is 13.8. The highest BCUT2D eigenvalue weighted by molar-refractivity contribution is 7.94. The Bertz CT molecular complexity index is 622. The molecule has 3 N–H and O–H groups in total. The molecular formula is C13H17FN2O2S. The molecule has 19 heavy (non-hydrogen) atoms. The van der Waals surface area contributed by atoms with E-state index in [0.29, 0.717) is 5.56 Å². The van der Waals surface area contributed by atoms with E-state index in [2.05, 4.69) is 16.6 Å². The lowest BCUT2D eigenvalue weighted by Crippen LogP contribution is -2.33. The standard InChI is InChI=1S/C13H17FN2O2S/c1-13(2,3)19(17,18)16-12-7-6-10(5-4-8-15)9-11(12)14/h6-7,9,16H,8,15H2,1-3H3. The molecule has 0 saturated carbocycles. The molecule has 0 amide bonds. The number of benzene rings is 1. The zero-order valence-electron chi connectivity index (χ0n) is 11.1. The zero-order chi connectivity index (χ0) is 14.7. The lowest BCUT2D eigenvalue weighted by atomic mass is 10.2. The number of nitrogens with one attached hydrogen (secondary N) is 1. The number of hydrogen-bond acceptors (Lipinski definition) is 3. The van der Waals surface area contributed by atoms with E-state index in [4.69, 9.17) is 5.73 Å². The Morgan fingerprint density at radius 2 is 2.00 bits per heavy atom. The van der Waals surface area contributed by atoms with Crippen LogP contribution in [0, 0.1) is 17.7 Å². The molecule has 0 aromatic heterocycles. The number of hydrogen-bond donors (Lipinski definition) is 2. The SMILES string of the molecule is CC(C)(C)S(=O)(=O)Nc1ccc(C#CCN)cc1F. The number of halogens is 1. The van der Waals surface area contributed by atoms with E-state index in [1.807, 2.05) is 0 Å². The monoisotopic (exact) mass is 284 g/mol. The first-order valence-corrected chi connectivity index (χ1v) is 7.16. The maximum atomic E-state index is 13.8. The van der Waals surface area contributed by atoms with Crippen LogP contribution < -0.4 is 10.5 Å². The molecule has 0 spiro atoms. The highest BCUT2D eigenvalue weighted by atomic mass is 32.2. The molecule has 0 atom stereocenters. The van der Waals surface area contributed by atoms with E-state index < -0.39 is 20.6 Å². The Hall–Kier alpha value is -1.58. The summed E-state index contributed by atoms with van der Waals surface area (Å²) in [6, 6.07) is 4.05. The Morgan fingerprint density at radius 1 is 1.37 bits per heavy atom.